The van der Waals surface area contributed by atoms with Gasteiger partial charge in [0.05, 0.1) is 10.6 Å². The van der Waals surface area contributed by atoms with Gasteiger partial charge >= 0.3 is 0 Å². The summed E-state index contributed by atoms with van der Waals surface area (Å²) < 4.78 is 28.9. The summed E-state index contributed by atoms with van der Waals surface area (Å²) >= 11 is 0. The molecule has 7 nitrogen and oxygen atoms in total. The lowest BCUT2D eigenvalue weighted by Crippen LogP contribution is -2.52. The third kappa shape index (κ3) is 7.47. The first-order valence-electron chi connectivity index (χ1n) is 13.3. The maximum atomic E-state index is 14.1. The van der Waals surface area contributed by atoms with Gasteiger partial charge in [0.25, 0.3) is 10.0 Å². The monoisotopic (exact) mass is 549 g/mol. The van der Waals surface area contributed by atoms with E-state index in [9.17, 15) is 18.0 Å². The molecule has 0 aliphatic heterocycles. The van der Waals surface area contributed by atoms with Crippen molar-refractivity contribution < 1.29 is 18.0 Å². The normalized spacial score (nSPS) is 12.2. The van der Waals surface area contributed by atoms with Crippen LogP contribution in [0.3, 0.4) is 0 Å². The summed E-state index contributed by atoms with van der Waals surface area (Å²) in [6.45, 7) is 9.87. The van der Waals surface area contributed by atoms with E-state index in [0.29, 0.717) is 18.7 Å². The molecule has 0 aromatic heterocycles. The van der Waals surface area contributed by atoms with E-state index in [1.807, 2.05) is 71.0 Å². The van der Waals surface area contributed by atoms with E-state index >= 15 is 0 Å². The van der Waals surface area contributed by atoms with Crippen molar-refractivity contribution in [3.63, 3.8) is 0 Å². The summed E-state index contributed by atoms with van der Waals surface area (Å²) in [6, 6.07) is 22.1. The molecule has 0 aliphatic rings. The van der Waals surface area contributed by atoms with Crippen molar-refractivity contribution in [1.82, 2.24) is 10.2 Å². The van der Waals surface area contributed by atoms with Crippen LogP contribution in [0, 0.1) is 19.8 Å². The number of carbonyl (C=O) groups excluding carboxylic acids is 2. The van der Waals surface area contributed by atoms with Gasteiger partial charge in [-0.1, -0.05) is 81.4 Å². The minimum Gasteiger partial charge on any atom is -0.354 e. The minimum atomic E-state index is -4.08. The predicted molar refractivity (Wildman–Crippen MR) is 156 cm³/mol. The molecule has 1 atom stereocenters. The number of hydrogen-bond acceptors (Lipinski definition) is 4. The largest absolute Gasteiger partial charge is 0.354 e. The Hall–Kier alpha value is -3.65. The highest BCUT2D eigenvalue weighted by molar-refractivity contribution is 7.92. The van der Waals surface area contributed by atoms with Gasteiger partial charge in [0.1, 0.15) is 12.6 Å². The summed E-state index contributed by atoms with van der Waals surface area (Å²) in [5.41, 5.74) is 3.02. The van der Waals surface area contributed by atoms with Crippen LogP contribution in [0.25, 0.3) is 0 Å². The van der Waals surface area contributed by atoms with Crippen molar-refractivity contribution in [1.29, 1.82) is 0 Å². The Balaban J connectivity index is 2.06. The molecule has 0 unspecified atom stereocenters. The number of rotatable bonds is 12. The molecule has 8 heteroatoms. The lowest BCUT2D eigenvalue weighted by atomic mass is 10.1. The van der Waals surface area contributed by atoms with Crippen LogP contribution in [0.5, 0.6) is 0 Å². The number of hydrogen-bond donors (Lipinski definition) is 1. The molecule has 3 aromatic carbocycles. The van der Waals surface area contributed by atoms with E-state index in [2.05, 4.69) is 5.32 Å². The van der Waals surface area contributed by atoms with Gasteiger partial charge in [0, 0.05) is 13.1 Å². The molecule has 0 spiro atoms. The SMILES string of the molecule is CC[C@@H](C(=O)NCC(C)C)N(Cc1ccccc1C)C(=O)CN(c1ccccc1C)S(=O)(=O)c1ccccc1. The maximum absolute atomic E-state index is 14.1. The number of para-hydroxylation sites is 1. The summed E-state index contributed by atoms with van der Waals surface area (Å²) in [5, 5.41) is 2.95. The third-order valence-electron chi connectivity index (χ3n) is 6.67. The first-order valence-corrected chi connectivity index (χ1v) is 14.7. The molecule has 2 amide bonds. The summed E-state index contributed by atoms with van der Waals surface area (Å²) in [7, 11) is -4.08. The van der Waals surface area contributed by atoms with E-state index < -0.39 is 28.5 Å². The van der Waals surface area contributed by atoms with Gasteiger partial charge in [-0.2, -0.15) is 0 Å². The van der Waals surface area contributed by atoms with Crippen LogP contribution in [-0.2, 0) is 26.2 Å². The zero-order chi connectivity index (χ0) is 28.6. The highest BCUT2D eigenvalue weighted by Crippen LogP contribution is 2.27. The van der Waals surface area contributed by atoms with Crippen LogP contribution in [-0.4, -0.2) is 44.3 Å². The number of benzene rings is 3. The minimum absolute atomic E-state index is 0.0909. The van der Waals surface area contributed by atoms with Gasteiger partial charge < -0.3 is 10.2 Å². The third-order valence-corrected chi connectivity index (χ3v) is 8.44. The molecule has 0 fully saturated rings. The number of carbonyl (C=O) groups is 2. The number of anilines is 1. The molecular weight excluding hydrogens is 510 g/mol. The van der Waals surface area contributed by atoms with Gasteiger partial charge in [-0.05, 0) is 61.1 Å². The average Bonchev–Trinajstić information content (AvgIpc) is 2.92. The second-order valence-corrected chi connectivity index (χ2v) is 12.0. The molecule has 0 saturated carbocycles. The van der Waals surface area contributed by atoms with Crippen LogP contribution in [0.1, 0.15) is 43.9 Å². The molecule has 0 radical (unpaired) electrons. The summed E-state index contributed by atoms with van der Waals surface area (Å²) in [5.74, 6) is -0.450. The molecule has 1 N–H and O–H groups in total. The van der Waals surface area contributed by atoms with Crippen molar-refractivity contribution in [2.75, 3.05) is 17.4 Å². The molecule has 0 saturated heterocycles. The highest BCUT2D eigenvalue weighted by Gasteiger charge is 2.34. The van der Waals surface area contributed by atoms with E-state index in [4.69, 9.17) is 0 Å². The van der Waals surface area contributed by atoms with Crippen LogP contribution >= 0.6 is 0 Å². The molecule has 208 valence electrons. The van der Waals surface area contributed by atoms with Crippen molar-refractivity contribution in [2.24, 2.45) is 5.92 Å². The fourth-order valence-electron chi connectivity index (χ4n) is 4.39. The van der Waals surface area contributed by atoms with Crippen molar-refractivity contribution >= 4 is 27.5 Å². The van der Waals surface area contributed by atoms with Gasteiger partial charge in [-0.25, -0.2) is 8.42 Å². The Kier molecular flexibility index (Phi) is 10.3. The van der Waals surface area contributed by atoms with E-state index in [1.165, 1.54) is 17.0 Å². The Morgan fingerprint density at radius 3 is 2.03 bits per heavy atom. The quantitative estimate of drug-likeness (QED) is 0.341. The smallest absolute Gasteiger partial charge is 0.264 e. The van der Waals surface area contributed by atoms with Gasteiger partial charge in [0.2, 0.25) is 11.8 Å². The Morgan fingerprint density at radius 1 is 0.846 bits per heavy atom. The second-order valence-electron chi connectivity index (χ2n) is 10.1. The zero-order valence-electron chi connectivity index (χ0n) is 23.4. The topological polar surface area (TPSA) is 86.8 Å². The fraction of sp³-hybridized carbons (Fsp3) is 0.355. The molecule has 39 heavy (non-hydrogen) atoms. The standard InChI is InChI=1S/C31H39N3O4S/c1-6-28(31(36)32-20-23(2)3)33(21-26-16-12-10-14-24(26)4)30(35)22-34(29-19-13-11-15-25(29)5)39(37,38)27-17-8-7-9-18-27/h7-19,23,28H,6,20-22H2,1-5H3,(H,32,36)/t28-/m0/s1. The Labute approximate surface area is 232 Å². The zero-order valence-corrected chi connectivity index (χ0v) is 24.2. The van der Waals surface area contributed by atoms with Crippen LogP contribution in [0.2, 0.25) is 0 Å². The number of sulfonamides is 1. The molecule has 3 aromatic rings. The number of nitrogens with one attached hydrogen (secondary N) is 1. The van der Waals surface area contributed by atoms with E-state index in [0.717, 1.165) is 21.0 Å². The van der Waals surface area contributed by atoms with E-state index in [-0.39, 0.29) is 23.3 Å². The van der Waals surface area contributed by atoms with Crippen LogP contribution in [0.15, 0.2) is 83.8 Å². The summed E-state index contributed by atoms with van der Waals surface area (Å²) in [4.78, 5) is 29.0. The molecule has 3 rings (SSSR count). The highest BCUT2D eigenvalue weighted by atomic mass is 32.2. The fourth-order valence-corrected chi connectivity index (χ4v) is 5.89. The van der Waals surface area contributed by atoms with Gasteiger partial charge in [-0.3, -0.25) is 13.9 Å². The molecule has 0 heterocycles. The average molecular weight is 550 g/mol. The van der Waals surface area contributed by atoms with Crippen molar-refractivity contribution in [2.45, 2.75) is 58.5 Å². The number of nitrogens with zero attached hydrogens (tertiary/aromatic N) is 2. The first-order chi connectivity index (χ1) is 18.6. The van der Waals surface area contributed by atoms with Crippen molar-refractivity contribution in [3.05, 3.63) is 95.6 Å². The van der Waals surface area contributed by atoms with Gasteiger partial charge in [-0.15, -0.1) is 0 Å². The lowest BCUT2D eigenvalue weighted by molar-refractivity contribution is -0.140. The predicted octanol–water partition coefficient (Wildman–Crippen LogP) is 5.08. The van der Waals surface area contributed by atoms with Crippen LogP contribution in [0.4, 0.5) is 5.69 Å². The Morgan fingerprint density at radius 2 is 1.44 bits per heavy atom. The second kappa shape index (κ2) is 13.4. The molecule has 0 aliphatic carbocycles. The van der Waals surface area contributed by atoms with Crippen molar-refractivity contribution in [3.8, 4) is 0 Å². The number of aryl methyl sites for hydroxylation is 2. The maximum Gasteiger partial charge on any atom is 0.264 e. The Bertz CT molecular complexity index is 1370. The molecular formula is C31H39N3O4S. The summed E-state index contributed by atoms with van der Waals surface area (Å²) in [6.07, 6.45) is 0.386. The van der Waals surface area contributed by atoms with E-state index in [1.54, 1.807) is 30.3 Å². The van der Waals surface area contributed by atoms with Gasteiger partial charge in [0.15, 0.2) is 0 Å². The lowest BCUT2D eigenvalue weighted by Gasteiger charge is -2.34. The first kappa shape index (κ1) is 29.9. The number of amides is 2. The van der Waals surface area contributed by atoms with Crippen LogP contribution < -0.4 is 9.62 Å². The molecule has 0 bridgehead atoms.